The lowest BCUT2D eigenvalue weighted by atomic mass is 9.94. The molecule has 0 heterocycles. The zero-order valence-corrected chi connectivity index (χ0v) is 8.74. The van der Waals surface area contributed by atoms with Crippen LogP contribution in [0.1, 0.15) is 38.2 Å². The average molecular weight is 201 g/mol. The highest BCUT2D eigenvalue weighted by atomic mass is 35.5. The second-order valence-electron chi connectivity index (χ2n) is 3.18. The van der Waals surface area contributed by atoms with E-state index in [9.17, 15) is 4.39 Å². The average Bonchev–Trinajstić information content (AvgIpc) is 2.10. The standard InChI is InChI=1S/C11H14ClF/c1-3-8(4-2)10-6-5-9(12)7-11(10)13/h5-8H,3-4H2,1-2H3. The van der Waals surface area contributed by atoms with Crippen molar-refractivity contribution in [3.05, 3.63) is 34.6 Å². The first kappa shape index (κ1) is 10.5. The Morgan fingerprint density at radius 2 is 1.92 bits per heavy atom. The minimum atomic E-state index is -0.179. The molecule has 0 saturated carbocycles. The summed E-state index contributed by atoms with van der Waals surface area (Å²) in [5, 5.41) is 0.465. The van der Waals surface area contributed by atoms with Crippen LogP contribution in [-0.2, 0) is 0 Å². The summed E-state index contributed by atoms with van der Waals surface area (Å²) in [6.45, 7) is 4.14. The van der Waals surface area contributed by atoms with Crippen LogP contribution in [0.25, 0.3) is 0 Å². The summed E-state index contributed by atoms with van der Waals surface area (Å²) >= 11 is 5.67. The van der Waals surface area contributed by atoms with Crippen molar-refractivity contribution < 1.29 is 4.39 Å². The summed E-state index contributed by atoms with van der Waals surface area (Å²) in [6, 6.07) is 4.92. The molecule has 1 rings (SSSR count). The Balaban J connectivity index is 2.99. The van der Waals surface area contributed by atoms with Crippen LogP contribution < -0.4 is 0 Å². The third kappa shape index (κ3) is 2.44. The molecule has 0 aliphatic rings. The van der Waals surface area contributed by atoms with Gasteiger partial charge >= 0.3 is 0 Å². The van der Waals surface area contributed by atoms with Crippen molar-refractivity contribution in [3.63, 3.8) is 0 Å². The summed E-state index contributed by atoms with van der Waals surface area (Å²) in [7, 11) is 0. The zero-order chi connectivity index (χ0) is 9.84. The molecule has 0 aromatic heterocycles. The SMILES string of the molecule is CCC(CC)c1ccc(Cl)cc1F. The van der Waals surface area contributed by atoms with Gasteiger partial charge in [-0.2, -0.15) is 0 Å². The van der Waals surface area contributed by atoms with Gasteiger partial charge in [-0.05, 0) is 36.5 Å². The molecule has 0 N–H and O–H groups in total. The zero-order valence-electron chi connectivity index (χ0n) is 7.98. The molecule has 0 unspecified atom stereocenters. The predicted octanol–water partition coefficient (Wildman–Crippen LogP) is 4.38. The smallest absolute Gasteiger partial charge is 0.128 e. The van der Waals surface area contributed by atoms with Gasteiger partial charge in [0, 0.05) is 5.02 Å². The molecule has 0 spiro atoms. The predicted molar refractivity (Wildman–Crippen MR) is 54.7 cm³/mol. The van der Waals surface area contributed by atoms with Crippen LogP contribution in [0.3, 0.4) is 0 Å². The maximum Gasteiger partial charge on any atom is 0.128 e. The summed E-state index contributed by atoms with van der Waals surface area (Å²) in [5.41, 5.74) is 0.786. The van der Waals surface area contributed by atoms with Gasteiger partial charge < -0.3 is 0 Å². The largest absolute Gasteiger partial charge is 0.207 e. The molecule has 0 atom stereocenters. The number of halogens is 2. The van der Waals surface area contributed by atoms with E-state index in [-0.39, 0.29) is 5.82 Å². The van der Waals surface area contributed by atoms with Crippen LogP contribution >= 0.6 is 11.6 Å². The van der Waals surface area contributed by atoms with E-state index in [0.717, 1.165) is 18.4 Å². The first-order valence-electron chi connectivity index (χ1n) is 4.64. The van der Waals surface area contributed by atoms with Crippen molar-refractivity contribution in [2.75, 3.05) is 0 Å². The molecule has 1 aromatic carbocycles. The van der Waals surface area contributed by atoms with Crippen molar-refractivity contribution in [1.82, 2.24) is 0 Å². The molecular weight excluding hydrogens is 187 g/mol. The van der Waals surface area contributed by atoms with Crippen molar-refractivity contribution >= 4 is 11.6 Å². The van der Waals surface area contributed by atoms with Gasteiger partial charge in [-0.15, -0.1) is 0 Å². The van der Waals surface area contributed by atoms with Gasteiger partial charge in [0.1, 0.15) is 5.82 Å². The quantitative estimate of drug-likeness (QED) is 0.679. The van der Waals surface area contributed by atoms with E-state index in [0.29, 0.717) is 10.9 Å². The van der Waals surface area contributed by atoms with E-state index in [1.165, 1.54) is 6.07 Å². The molecule has 0 radical (unpaired) electrons. The Kier molecular flexibility index (Phi) is 3.73. The summed E-state index contributed by atoms with van der Waals surface area (Å²) < 4.78 is 13.4. The highest BCUT2D eigenvalue weighted by molar-refractivity contribution is 6.30. The Labute approximate surface area is 83.7 Å². The van der Waals surface area contributed by atoms with Crippen LogP contribution in [0, 0.1) is 5.82 Å². The van der Waals surface area contributed by atoms with Gasteiger partial charge in [0.25, 0.3) is 0 Å². The lowest BCUT2D eigenvalue weighted by Crippen LogP contribution is -1.98. The second-order valence-corrected chi connectivity index (χ2v) is 3.62. The Morgan fingerprint density at radius 1 is 1.31 bits per heavy atom. The first-order valence-corrected chi connectivity index (χ1v) is 5.01. The summed E-state index contributed by atoms with van der Waals surface area (Å²) in [6.07, 6.45) is 1.93. The third-order valence-corrected chi connectivity index (χ3v) is 2.62. The second kappa shape index (κ2) is 4.61. The molecule has 13 heavy (non-hydrogen) atoms. The van der Waals surface area contributed by atoms with Crippen molar-refractivity contribution in [1.29, 1.82) is 0 Å². The van der Waals surface area contributed by atoms with E-state index in [4.69, 9.17) is 11.6 Å². The summed E-state index contributed by atoms with van der Waals surface area (Å²) in [5.74, 6) is 0.137. The maximum absolute atomic E-state index is 13.4. The Bertz CT molecular complexity index is 279. The fourth-order valence-electron chi connectivity index (χ4n) is 1.56. The molecule has 0 aliphatic heterocycles. The molecule has 0 nitrogen and oxygen atoms in total. The topological polar surface area (TPSA) is 0 Å². The maximum atomic E-state index is 13.4. The normalized spacial score (nSPS) is 10.8. The van der Waals surface area contributed by atoms with Crippen molar-refractivity contribution in [2.24, 2.45) is 0 Å². The van der Waals surface area contributed by atoms with Gasteiger partial charge in [0.15, 0.2) is 0 Å². The van der Waals surface area contributed by atoms with E-state index in [1.54, 1.807) is 12.1 Å². The molecule has 2 heteroatoms. The Hall–Kier alpha value is -0.560. The van der Waals surface area contributed by atoms with Crippen LogP contribution in [0.4, 0.5) is 4.39 Å². The molecule has 0 saturated heterocycles. The monoisotopic (exact) mass is 200 g/mol. The van der Waals surface area contributed by atoms with Gasteiger partial charge in [-0.1, -0.05) is 31.5 Å². The first-order chi connectivity index (χ1) is 6.19. The van der Waals surface area contributed by atoms with Gasteiger partial charge in [0.2, 0.25) is 0 Å². The summed E-state index contributed by atoms with van der Waals surface area (Å²) in [4.78, 5) is 0. The van der Waals surface area contributed by atoms with Crippen LogP contribution in [0.15, 0.2) is 18.2 Å². The third-order valence-electron chi connectivity index (χ3n) is 2.39. The van der Waals surface area contributed by atoms with E-state index in [2.05, 4.69) is 13.8 Å². The van der Waals surface area contributed by atoms with E-state index < -0.39 is 0 Å². The minimum Gasteiger partial charge on any atom is -0.207 e. The van der Waals surface area contributed by atoms with Gasteiger partial charge in [-0.25, -0.2) is 4.39 Å². The molecule has 0 bridgehead atoms. The van der Waals surface area contributed by atoms with Gasteiger partial charge in [-0.3, -0.25) is 0 Å². The van der Waals surface area contributed by atoms with Gasteiger partial charge in [0.05, 0.1) is 0 Å². The highest BCUT2D eigenvalue weighted by Gasteiger charge is 2.11. The molecule has 72 valence electrons. The molecule has 0 aliphatic carbocycles. The molecular formula is C11H14ClF. The minimum absolute atomic E-state index is 0.179. The number of rotatable bonds is 3. The molecule has 1 aromatic rings. The molecule has 0 amide bonds. The van der Waals surface area contributed by atoms with E-state index >= 15 is 0 Å². The number of hydrogen-bond donors (Lipinski definition) is 0. The number of hydrogen-bond acceptors (Lipinski definition) is 0. The van der Waals surface area contributed by atoms with Crippen molar-refractivity contribution in [3.8, 4) is 0 Å². The lowest BCUT2D eigenvalue weighted by molar-refractivity contribution is 0.558. The fourth-order valence-corrected chi connectivity index (χ4v) is 1.72. The van der Waals surface area contributed by atoms with Crippen LogP contribution in [0.5, 0.6) is 0 Å². The Morgan fingerprint density at radius 3 is 2.38 bits per heavy atom. The van der Waals surface area contributed by atoms with Crippen LogP contribution in [0.2, 0.25) is 5.02 Å². The number of benzene rings is 1. The lowest BCUT2D eigenvalue weighted by Gasteiger charge is -2.13. The van der Waals surface area contributed by atoms with Crippen LogP contribution in [-0.4, -0.2) is 0 Å². The van der Waals surface area contributed by atoms with Crippen molar-refractivity contribution in [2.45, 2.75) is 32.6 Å². The fraction of sp³-hybridized carbons (Fsp3) is 0.455. The molecule has 0 fully saturated rings. The highest BCUT2D eigenvalue weighted by Crippen LogP contribution is 2.27. The van der Waals surface area contributed by atoms with E-state index in [1.807, 2.05) is 0 Å².